The van der Waals surface area contributed by atoms with E-state index in [0.29, 0.717) is 6.54 Å². The smallest absolute Gasteiger partial charge is 0.250 e. The predicted octanol–water partition coefficient (Wildman–Crippen LogP) is 1.29. The Bertz CT molecular complexity index is 462. The molecule has 0 bridgehead atoms. The summed E-state index contributed by atoms with van der Waals surface area (Å²) in [5.74, 6) is 0. The van der Waals surface area contributed by atoms with Crippen LogP contribution in [0, 0.1) is 0 Å². The standard InChI is InChI=1S/C11H10N2O/c14-11-5-1-2-7-13(11)9-10-4-3-6-12-8-10/h1-8H,9H2. The first-order valence-corrected chi connectivity index (χ1v) is 4.40. The highest BCUT2D eigenvalue weighted by atomic mass is 16.1. The molecule has 0 amide bonds. The van der Waals surface area contributed by atoms with Crippen molar-refractivity contribution < 1.29 is 0 Å². The van der Waals surface area contributed by atoms with Gasteiger partial charge in [-0.3, -0.25) is 9.78 Å². The SMILES string of the molecule is O=c1ccccn1Cc1cccnc1. The Hall–Kier alpha value is -1.90. The highest BCUT2D eigenvalue weighted by molar-refractivity contribution is 5.09. The molecule has 0 aliphatic carbocycles. The first-order chi connectivity index (χ1) is 6.86. The molecule has 3 nitrogen and oxygen atoms in total. The van der Waals surface area contributed by atoms with Crippen molar-refractivity contribution >= 4 is 0 Å². The van der Waals surface area contributed by atoms with Crippen LogP contribution in [0.4, 0.5) is 0 Å². The van der Waals surface area contributed by atoms with Gasteiger partial charge in [0.2, 0.25) is 0 Å². The van der Waals surface area contributed by atoms with Gasteiger partial charge in [-0.1, -0.05) is 12.1 Å². The Morgan fingerprint density at radius 1 is 1.21 bits per heavy atom. The summed E-state index contributed by atoms with van der Waals surface area (Å²) in [5, 5.41) is 0. The van der Waals surface area contributed by atoms with E-state index in [-0.39, 0.29) is 5.56 Å². The molecule has 0 radical (unpaired) electrons. The molecule has 70 valence electrons. The number of hydrogen-bond donors (Lipinski definition) is 0. The van der Waals surface area contributed by atoms with Crippen LogP contribution in [0.1, 0.15) is 5.56 Å². The third kappa shape index (κ3) is 1.88. The van der Waals surface area contributed by atoms with Crippen molar-refractivity contribution in [1.29, 1.82) is 0 Å². The highest BCUT2D eigenvalue weighted by Crippen LogP contribution is 1.97. The van der Waals surface area contributed by atoms with E-state index in [9.17, 15) is 4.79 Å². The van der Waals surface area contributed by atoms with Crippen molar-refractivity contribution in [2.45, 2.75) is 6.54 Å². The van der Waals surface area contributed by atoms with E-state index in [1.54, 1.807) is 35.3 Å². The second kappa shape index (κ2) is 3.87. The maximum atomic E-state index is 11.4. The Morgan fingerprint density at radius 3 is 2.86 bits per heavy atom. The lowest BCUT2D eigenvalue weighted by Crippen LogP contribution is -2.18. The predicted molar refractivity (Wildman–Crippen MR) is 54.0 cm³/mol. The molecule has 0 saturated heterocycles. The highest BCUT2D eigenvalue weighted by Gasteiger charge is 1.95. The summed E-state index contributed by atoms with van der Waals surface area (Å²) in [6.45, 7) is 0.577. The summed E-state index contributed by atoms with van der Waals surface area (Å²) in [7, 11) is 0. The van der Waals surface area contributed by atoms with Gasteiger partial charge < -0.3 is 4.57 Å². The fourth-order valence-corrected chi connectivity index (χ4v) is 1.28. The van der Waals surface area contributed by atoms with Gasteiger partial charge in [0.05, 0.1) is 6.54 Å². The molecule has 0 fully saturated rings. The molecule has 2 aromatic heterocycles. The van der Waals surface area contributed by atoms with Crippen LogP contribution in [0.3, 0.4) is 0 Å². The zero-order valence-corrected chi connectivity index (χ0v) is 7.63. The molecular formula is C11H10N2O. The third-order valence-electron chi connectivity index (χ3n) is 1.97. The zero-order valence-electron chi connectivity index (χ0n) is 7.63. The van der Waals surface area contributed by atoms with Gasteiger partial charge in [0.25, 0.3) is 5.56 Å². The van der Waals surface area contributed by atoms with Crippen LogP contribution < -0.4 is 5.56 Å². The second-order valence-electron chi connectivity index (χ2n) is 3.03. The first-order valence-electron chi connectivity index (χ1n) is 4.40. The molecule has 2 heterocycles. The Morgan fingerprint density at radius 2 is 2.14 bits per heavy atom. The van der Waals surface area contributed by atoms with E-state index in [2.05, 4.69) is 4.98 Å². The first kappa shape index (κ1) is 8.69. The van der Waals surface area contributed by atoms with Crippen LogP contribution >= 0.6 is 0 Å². The van der Waals surface area contributed by atoms with Crippen LogP contribution in [0.25, 0.3) is 0 Å². The fourth-order valence-electron chi connectivity index (χ4n) is 1.28. The Balaban J connectivity index is 2.28. The van der Waals surface area contributed by atoms with Crippen LogP contribution in [0.15, 0.2) is 53.7 Å². The lowest BCUT2D eigenvalue weighted by Gasteiger charge is -2.03. The van der Waals surface area contributed by atoms with E-state index in [0.717, 1.165) is 5.56 Å². The number of rotatable bonds is 2. The molecule has 2 aromatic rings. The monoisotopic (exact) mass is 186 g/mol. The molecule has 0 aliphatic heterocycles. The van der Waals surface area contributed by atoms with E-state index < -0.39 is 0 Å². The molecular weight excluding hydrogens is 176 g/mol. The average Bonchev–Trinajstić information content (AvgIpc) is 2.23. The van der Waals surface area contributed by atoms with Crippen LogP contribution in [0.5, 0.6) is 0 Å². The number of hydrogen-bond acceptors (Lipinski definition) is 2. The van der Waals surface area contributed by atoms with Crippen molar-refractivity contribution in [3.05, 3.63) is 64.8 Å². The summed E-state index contributed by atoms with van der Waals surface area (Å²) >= 11 is 0. The molecule has 0 N–H and O–H groups in total. The Kier molecular flexibility index (Phi) is 2.40. The van der Waals surface area contributed by atoms with Gasteiger partial charge >= 0.3 is 0 Å². The van der Waals surface area contributed by atoms with Gasteiger partial charge in [0.15, 0.2) is 0 Å². The minimum absolute atomic E-state index is 0.0105. The van der Waals surface area contributed by atoms with E-state index in [1.165, 1.54) is 0 Å². The van der Waals surface area contributed by atoms with Gasteiger partial charge in [-0.15, -0.1) is 0 Å². The minimum Gasteiger partial charge on any atom is -0.311 e. The largest absolute Gasteiger partial charge is 0.311 e. The summed E-state index contributed by atoms with van der Waals surface area (Å²) in [6.07, 6.45) is 5.26. The van der Waals surface area contributed by atoms with E-state index in [4.69, 9.17) is 0 Å². The maximum absolute atomic E-state index is 11.4. The quantitative estimate of drug-likeness (QED) is 0.708. The van der Waals surface area contributed by atoms with Crippen LogP contribution in [-0.2, 0) is 6.54 Å². The second-order valence-corrected chi connectivity index (χ2v) is 3.03. The van der Waals surface area contributed by atoms with Crippen molar-refractivity contribution in [2.75, 3.05) is 0 Å². The molecule has 0 unspecified atom stereocenters. The minimum atomic E-state index is 0.0105. The van der Waals surface area contributed by atoms with Crippen molar-refractivity contribution in [1.82, 2.24) is 9.55 Å². The van der Waals surface area contributed by atoms with Crippen molar-refractivity contribution in [2.24, 2.45) is 0 Å². The topological polar surface area (TPSA) is 34.9 Å². The molecule has 0 spiro atoms. The Labute approximate surface area is 81.7 Å². The summed E-state index contributed by atoms with van der Waals surface area (Å²) in [4.78, 5) is 15.4. The van der Waals surface area contributed by atoms with Crippen molar-refractivity contribution in [3.63, 3.8) is 0 Å². The van der Waals surface area contributed by atoms with Gasteiger partial charge in [0, 0.05) is 24.7 Å². The van der Waals surface area contributed by atoms with E-state index in [1.807, 2.05) is 18.2 Å². The van der Waals surface area contributed by atoms with Gasteiger partial charge in [-0.25, -0.2) is 0 Å². The molecule has 0 aliphatic rings. The summed E-state index contributed by atoms with van der Waals surface area (Å²) in [6, 6.07) is 8.95. The van der Waals surface area contributed by atoms with E-state index >= 15 is 0 Å². The molecule has 2 rings (SSSR count). The number of pyridine rings is 2. The lowest BCUT2D eigenvalue weighted by molar-refractivity contribution is 0.756. The molecule has 3 heteroatoms. The summed E-state index contributed by atoms with van der Waals surface area (Å²) < 4.78 is 1.65. The van der Waals surface area contributed by atoms with Gasteiger partial charge in [-0.2, -0.15) is 0 Å². The zero-order chi connectivity index (χ0) is 9.80. The molecule has 0 atom stereocenters. The van der Waals surface area contributed by atoms with Crippen LogP contribution in [-0.4, -0.2) is 9.55 Å². The van der Waals surface area contributed by atoms with Gasteiger partial charge in [-0.05, 0) is 17.7 Å². The van der Waals surface area contributed by atoms with Crippen molar-refractivity contribution in [3.8, 4) is 0 Å². The normalized spacial score (nSPS) is 10.0. The fraction of sp³-hybridized carbons (Fsp3) is 0.0909. The van der Waals surface area contributed by atoms with Gasteiger partial charge in [0.1, 0.15) is 0 Å². The molecule has 0 saturated carbocycles. The third-order valence-corrected chi connectivity index (χ3v) is 1.97. The maximum Gasteiger partial charge on any atom is 0.250 e. The van der Waals surface area contributed by atoms with Crippen LogP contribution in [0.2, 0.25) is 0 Å². The lowest BCUT2D eigenvalue weighted by atomic mass is 10.3. The summed E-state index contributed by atoms with van der Waals surface area (Å²) in [5.41, 5.74) is 1.04. The number of nitrogens with zero attached hydrogens (tertiary/aromatic N) is 2. The average molecular weight is 186 g/mol. The molecule has 0 aromatic carbocycles. The number of aromatic nitrogens is 2. The molecule has 14 heavy (non-hydrogen) atoms.